The molecule has 2 nitrogen and oxygen atoms in total. The van der Waals surface area contributed by atoms with Crippen molar-refractivity contribution in [3.63, 3.8) is 0 Å². The van der Waals surface area contributed by atoms with Crippen LogP contribution in [0.15, 0.2) is 0 Å². The summed E-state index contributed by atoms with van der Waals surface area (Å²) in [6, 6.07) is 0. The number of carboxylic acids is 1. The van der Waals surface area contributed by atoms with E-state index in [-0.39, 0.29) is 56.9 Å². The zero-order chi connectivity index (χ0) is 3.58. The molecule has 0 heterocycles. The molecule has 0 spiro atoms. The Morgan fingerprint density at radius 1 is 1.67 bits per heavy atom. The van der Waals surface area contributed by atoms with E-state index in [0.717, 1.165) is 6.92 Å². The van der Waals surface area contributed by atoms with Crippen LogP contribution in [0.2, 0.25) is 0 Å². The molecule has 0 bridgehead atoms. The molecule has 0 aromatic heterocycles. The molecule has 0 aliphatic rings. The molecule has 0 atom stereocenters. The summed E-state index contributed by atoms with van der Waals surface area (Å²) in [6.45, 7) is 0.972. The molecule has 0 unspecified atom stereocenters. The van der Waals surface area contributed by atoms with Crippen LogP contribution >= 0.6 is 0 Å². The topological polar surface area (TPSA) is 40.1 Å². The van der Waals surface area contributed by atoms with Gasteiger partial charge in [-0.2, -0.15) is 0 Å². The third kappa shape index (κ3) is 53.7. The van der Waals surface area contributed by atoms with Crippen LogP contribution in [0.4, 0.5) is 0 Å². The molecule has 0 saturated heterocycles. The molecule has 0 aromatic rings. The van der Waals surface area contributed by atoms with Crippen LogP contribution in [-0.2, 0) is 4.79 Å². The van der Waals surface area contributed by atoms with E-state index < -0.39 is 5.97 Å². The van der Waals surface area contributed by atoms with Gasteiger partial charge in [0.25, 0.3) is 0 Å². The molecule has 0 fully saturated rings. The number of hydrogen-bond acceptors (Lipinski definition) is 2. The van der Waals surface area contributed by atoms with E-state index in [4.69, 9.17) is 9.90 Å². The number of hydrogen-bond donors (Lipinski definition) is 0. The van der Waals surface area contributed by atoms with Crippen LogP contribution in [0.1, 0.15) is 6.92 Å². The van der Waals surface area contributed by atoms with Gasteiger partial charge in [0.2, 0.25) is 0 Å². The first-order valence-electron chi connectivity index (χ1n) is 0.908. The van der Waals surface area contributed by atoms with Crippen LogP contribution in [0.5, 0.6) is 0 Å². The number of carbonyl (C=O) groups is 1. The third-order valence-electron chi connectivity index (χ3n) is 0. The standard InChI is InChI=1S/C2H4O2.Na.Pb.2H/c1-2(3)4;;;;/h1H3,(H,3,4);;;;/q;+1;;;/p-1. The summed E-state index contributed by atoms with van der Waals surface area (Å²) in [5, 5.41) is 8.89. The van der Waals surface area contributed by atoms with Gasteiger partial charge in [0.05, 0.1) is 0 Å². The van der Waals surface area contributed by atoms with E-state index in [1.807, 2.05) is 0 Å². The fourth-order valence-corrected chi connectivity index (χ4v) is 0. The molecule has 0 amide bonds. The number of carboxylic acid groups (broad SMARTS) is 1. The van der Waals surface area contributed by atoms with Gasteiger partial charge in [-0.1, -0.05) is 0 Å². The van der Waals surface area contributed by atoms with Crippen LogP contribution in [0.3, 0.4) is 0 Å². The Morgan fingerprint density at radius 3 is 1.67 bits per heavy atom. The normalized spacial score (nSPS) is 4.17. The van der Waals surface area contributed by atoms with Gasteiger partial charge in [-0.25, -0.2) is 0 Å². The summed E-state index contributed by atoms with van der Waals surface area (Å²) in [5.41, 5.74) is 0. The SMILES string of the molecule is CC(=O)[O-].[Na+].[PbH2]. The zero-order valence-corrected chi connectivity index (χ0v) is 11.5. The quantitative estimate of drug-likeness (QED) is 0.419. The molecule has 4 heteroatoms. The molecule has 0 aliphatic carbocycles. The van der Waals surface area contributed by atoms with E-state index in [2.05, 4.69) is 0 Å². The molecule has 2 radical (unpaired) electrons. The number of carbonyl (C=O) groups excluding carboxylic acids is 1. The summed E-state index contributed by atoms with van der Waals surface area (Å²) < 4.78 is 0. The van der Waals surface area contributed by atoms with Gasteiger partial charge in [-0.3, -0.25) is 0 Å². The van der Waals surface area contributed by atoms with Gasteiger partial charge >= 0.3 is 56.9 Å². The first-order chi connectivity index (χ1) is 1.73. The van der Waals surface area contributed by atoms with Crippen LogP contribution < -0.4 is 34.7 Å². The summed E-state index contributed by atoms with van der Waals surface area (Å²) in [4.78, 5) is 8.89. The molecule has 30 valence electrons. The van der Waals surface area contributed by atoms with Gasteiger partial charge in [-0.15, -0.1) is 0 Å². The van der Waals surface area contributed by atoms with Crippen molar-refractivity contribution in [2.75, 3.05) is 0 Å². The Labute approximate surface area is 78.8 Å². The van der Waals surface area contributed by atoms with Crippen molar-refractivity contribution < 1.29 is 39.5 Å². The second-order valence-electron chi connectivity index (χ2n) is 0.492. The van der Waals surface area contributed by atoms with Crippen molar-refractivity contribution in [3.05, 3.63) is 0 Å². The van der Waals surface area contributed by atoms with Crippen molar-refractivity contribution in [3.8, 4) is 0 Å². The van der Waals surface area contributed by atoms with E-state index in [1.54, 1.807) is 0 Å². The Morgan fingerprint density at radius 2 is 1.67 bits per heavy atom. The molecule has 0 aliphatic heterocycles. The minimum atomic E-state index is -1.08. The molecule has 6 heavy (non-hydrogen) atoms. The molecular formula is C2H5NaO2Pb. The summed E-state index contributed by atoms with van der Waals surface area (Å²) >= 11 is 0. The second kappa shape index (κ2) is 9.63. The van der Waals surface area contributed by atoms with Crippen LogP contribution in [0.25, 0.3) is 0 Å². The zero-order valence-electron chi connectivity index (χ0n) is 4.02. The van der Waals surface area contributed by atoms with Gasteiger partial charge < -0.3 is 9.90 Å². The fraction of sp³-hybridized carbons (Fsp3) is 0.500. The minimum absolute atomic E-state index is 0. The van der Waals surface area contributed by atoms with Crippen LogP contribution in [0, 0.1) is 0 Å². The Balaban J connectivity index is -0.0000000450. The predicted octanol–water partition coefficient (Wildman–Crippen LogP) is -5.16. The van der Waals surface area contributed by atoms with Crippen molar-refractivity contribution >= 4 is 33.3 Å². The maximum atomic E-state index is 8.89. The molecular weight excluding hydrogens is 286 g/mol. The first-order valence-corrected chi connectivity index (χ1v) is 0.908. The van der Waals surface area contributed by atoms with Crippen molar-refractivity contribution in [1.29, 1.82) is 0 Å². The number of aliphatic carboxylic acids is 1. The molecule has 0 N–H and O–H groups in total. The maximum absolute atomic E-state index is 8.89. The van der Waals surface area contributed by atoms with Crippen molar-refractivity contribution in [2.45, 2.75) is 6.92 Å². The molecule has 0 aromatic carbocycles. The van der Waals surface area contributed by atoms with Gasteiger partial charge in [0.15, 0.2) is 0 Å². The Hall–Kier alpha value is 1.39. The first kappa shape index (κ1) is 15.7. The third-order valence-corrected chi connectivity index (χ3v) is 0. The van der Waals surface area contributed by atoms with Gasteiger partial charge in [0, 0.05) is 5.97 Å². The fourth-order valence-electron chi connectivity index (χ4n) is 0. The van der Waals surface area contributed by atoms with Crippen molar-refractivity contribution in [1.82, 2.24) is 0 Å². The van der Waals surface area contributed by atoms with E-state index >= 15 is 0 Å². The summed E-state index contributed by atoms with van der Waals surface area (Å²) in [5.74, 6) is -1.08. The predicted molar refractivity (Wildman–Crippen MR) is 19.2 cm³/mol. The summed E-state index contributed by atoms with van der Waals surface area (Å²) in [7, 11) is 0. The van der Waals surface area contributed by atoms with E-state index in [9.17, 15) is 0 Å². The van der Waals surface area contributed by atoms with Gasteiger partial charge in [-0.05, 0) is 6.92 Å². The average molecular weight is 291 g/mol. The summed E-state index contributed by atoms with van der Waals surface area (Å²) in [6.07, 6.45) is 0. The molecule has 0 saturated carbocycles. The Kier molecular flexibility index (Phi) is 25.1. The monoisotopic (exact) mass is 292 g/mol. The molecule has 0 rings (SSSR count). The van der Waals surface area contributed by atoms with Crippen molar-refractivity contribution in [2.24, 2.45) is 0 Å². The van der Waals surface area contributed by atoms with E-state index in [1.165, 1.54) is 0 Å². The van der Waals surface area contributed by atoms with Crippen LogP contribution in [-0.4, -0.2) is 33.3 Å². The van der Waals surface area contributed by atoms with E-state index in [0.29, 0.717) is 0 Å². The second-order valence-corrected chi connectivity index (χ2v) is 0.492. The van der Waals surface area contributed by atoms with Gasteiger partial charge in [0.1, 0.15) is 0 Å². The Bertz CT molecular complexity index is 34.5. The number of rotatable bonds is 0. The average Bonchev–Trinajstić information content (AvgIpc) is 0.811.